The minimum atomic E-state index is -3.81. The molecule has 8 heteroatoms. The molecule has 0 fully saturated rings. The van der Waals surface area contributed by atoms with Gasteiger partial charge in [0.15, 0.2) is 0 Å². The second-order valence-corrected chi connectivity index (χ2v) is 7.03. The molecule has 0 aliphatic carbocycles. The fraction of sp³-hybridized carbons (Fsp3) is 0.538. The van der Waals surface area contributed by atoms with E-state index in [1.807, 2.05) is 0 Å². The normalized spacial score (nSPS) is 14.7. The smallest absolute Gasteiger partial charge is 0.244 e. The Bertz CT molecular complexity index is 574. The van der Waals surface area contributed by atoms with Crippen LogP contribution in [0.3, 0.4) is 0 Å². The quantitative estimate of drug-likeness (QED) is 0.749. The van der Waals surface area contributed by atoms with Crippen molar-refractivity contribution in [2.45, 2.75) is 23.8 Å². The molecule has 0 aliphatic rings. The minimum Gasteiger partial charge on any atom is -0.495 e. The molecule has 1 unspecified atom stereocenters. The fourth-order valence-electron chi connectivity index (χ4n) is 1.60. The monoisotopic (exact) mass is 337 g/mol. The number of aliphatic hydroxyl groups is 1. The highest BCUT2D eigenvalue weighted by Crippen LogP contribution is 2.27. The van der Waals surface area contributed by atoms with E-state index in [4.69, 9.17) is 21.1 Å². The summed E-state index contributed by atoms with van der Waals surface area (Å²) in [7, 11) is -0.939. The van der Waals surface area contributed by atoms with Gasteiger partial charge in [0.2, 0.25) is 10.0 Å². The summed E-state index contributed by atoms with van der Waals surface area (Å²) in [4.78, 5) is -0.0306. The van der Waals surface area contributed by atoms with E-state index in [1.165, 1.54) is 39.3 Å². The molecule has 1 aromatic rings. The minimum absolute atomic E-state index is 0.0306. The molecule has 0 saturated heterocycles. The van der Waals surface area contributed by atoms with Crippen LogP contribution < -0.4 is 9.46 Å². The molecule has 120 valence electrons. The van der Waals surface area contributed by atoms with Crippen molar-refractivity contribution in [3.05, 3.63) is 23.2 Å². The van der Waals surface area contributed by atoms with Gasteiger partial charge in [-0.3, -0.25) is 0 Å². The fourth-order valence-corrected chi connectivity index (χ4v) is 3.07. The molecule has 0 radical (unpaired) electrons. The molecule has 0 spiro atoms. The molecule has 6 nitrogen and oxygen atoms in total. The number of sulfonamides is 1. The third kappa shape index (κ3) is 5.44. The number of ether oxygens (including phenoxy) is 2. The highest BCUT2D eigenvalue weighted by Gasteiger charge is 2.26. The maximum absolute atomic E-state index is 12.3. The van der Waals surface area contributed by atoms with Gasteiger partial charge >= 0.3 is 0 Å². The SMILES string of the molecule is COCCC(C)(O)CNS(=O)(=O)c1ccc(Cl)cc1OC. The Morgan fingerprint density at radius 2 is 2.05 bits per heavy atom. The summed E-state index contributed by atoms with van der Waals surface area (Å²) < 4.78 is 36.8. The summed E-state index contributed by atoms with van der Waals surface area (Å²) in [6, 6.07) is 4.23. The van der Waals surface area contributed by atoms with Crippen molar-refractivity contribution in [1.82, 2.24) is 4.72 Å². The Morgan fingerprint density at radius 3 is 2.62 bits per heavy atom. The van der Waals surface area contributed by atoms with E-state index in [0.29, 0.717) is 18.1 Å². The topological polar surface area (TPSA) is 84.9 Å². The van der Waals surface area contributed by atoms with E-state index in [9.17, 15) is 13.5 Å². The lowest BCUT2D eigenvalue weighted by Crippen LogP contribution is -2.41. The molecule has 0 aromatic heterocycles. The zero-order valence-electron chi connectivity index (χ0n) is 12.2. The highest BCUT2D eigenvalue weighted by atomic mass is 35.5. The Morgan fingerprint density at radius 1 is 1.38 bits per heavy atom. The highest BCUT2D eigenvalue weighted by molar-refractivity contribution is 7.89. The molecule has 1 atom stereocenters. The molecule has 0 aliphatic heterocycles. The number of nitrogens with one attached hydrogen (secondary N) is 1. The van der Waals surface area contributed by atoms with Crippen LogP contribution in [0.15, 0.2) is 23.1 Å². The number of methoxy groups -OCH3 is 2. The maximum atomic E-state index is 12.3. The predicted octanol–water partition coefficient (Wildman–Crippen LogP) is 1.41. The van der Waals surface area contributed by atoms with Crippen molar-refractivity contribution in [3.8, 4) is 5.75 Å². The van der Waals surface area contributed by atoms with Crippen LogP contribution in [0.5, 0.6) is 5.75 Å². The van der Waals surface area contributed by atoms with Gasteiger partial charge in [-0.1, -0.05) is 11.6 Å². The van der Waals surface area contributed by atoms with Crippen molar-refractivity contribution in [2.75, 3.05) is 27.4 Å². The first kappa shape index (κ1) is 18.2. The molecule has 0 saturated carbocycles. The van der Waals surface area contributed by atoms with E-state index in [-0.39, 0.29) is 17.2 Å². The summed E-state index contributed by atoms with van der Waals surface area (Å²) in [6.07, 6.45) is 0.309. The summed E-state index contributed by atoms with van der Waals surface area (Å²) in [5.41, 5.74) is -1.21. The van der Waals surface area contributed by atoms with Gasteiger partial charge in [-0.05, 0) is 19.1 Å². The molecular formula is C13H20ClNO5S. The van der Waals surface area contributed by atoms with Crippen molar-refractivity contribution in [1.29, 1.82) is 0 Å². The zero-order chi connectivity index (χ0) is 16.1. The lowest BCUT2D eigenvalue weighted by atomic mass is 10.0. The number of benzene rings is 1. The van der Waals surface area contributed by atoms with Crippen LogP contribution in [0.25, 0.3) is 0 Å². The van der Waals surface area contributed by atoms with Crippen molar-refractivity contribution < 1.29 is 23.0 Å². The van der Waals surface area contributed by atoms with Gasteiger partial charge in [0.1, 0.15) is 10.6 Å². The van der Waals surface area contributed by atoms with Crippen LogP contribution in [0, 0.1) is 0 Å². The maximum Gasteiger partial charge on any atom is 0.244 e. The third-order valence-electron chi connectivity index (χ3n) is 2.90. The summed E-state index contributed by atoms with van der Waals surface area (Å²) in [6.45, 7) is 1.73. The van der Waals surface area contributed by atoms with Gasteiger partial charge in [-0.2, -0.15) is 0 Å². The van der Waals surface area contributed by atoms with E-state index in [1.54, 1.807) is 0 Å². The van der Waals surface area contributed by atoms with Gasteiger partial charge < -0.3 is 14.6 Å². The number of rotatable bonds is 8. The van der Waals surface area contributed by atoms with Gasteiger partial charge in [-0.15, -0.1) is 0 Å². The van der Waals surface area contributed by atoms with E-state index in [2.05, 4.69) is 4.72 Å². The first-order valence-electron chi connectivity index (χ1n) is 6.26. The summed E-state index contributed by atoms with van der Waals surface area (Å²) in [5, 5.41) is 10.4. The van der Waals surface area contributed by atoms with Gasteiger partial charge in [0.25, 0.3) is 0 Å². The average Bonchev–Trinajstić information content (AvgIpc) is 2.43. The summed E-state index contributed by atoms with van der Waals surface area (Å²) >= 11 is 5.80. The van der Waals surface area contributed by atoms with Crippen molar-refractivity contribution in [2.24, 2.45) is 0 Å². The van der Waals surface area contributed by atoms with Gasteiger partial charge in [0.05, 0.1) is 12.7 Å². The lowest BCUT2D eigenvalue weighted by molar-refractivity contribution is 0.0292. The van der Waals surface area contributed by atoms with Crippen molar-refractivity contribution in [3.63, 3.8) is 0 Å². The van der Waals surface area contributed by atoms with E-state index in [0.717, 1.165) is 0 Å². The first-order chi connectivity index (χ1) is 9.72. The number of halogens is 1. The molecule has 1 aromatic carbocycles. The largest absolute Gasteiger partial charge is 0.495 e. The zero-order valence-corrected chi connectivity index (χ0v) is 13.8. The Labute approximate surface area is 130 Å². The van der Waals surface area contributed by atoms with Crippen LogP contribution in [0.2, 0.25) is 5.02 Å². The molecule has 0 heterocycles. The lowest BCUT2D eigenvalue weighted by Gasteiger charge is -2.23. The van der Waals surface area contributed by atoms with E-state index >= 15 is 0 Å². The number of hydrogen-bond acceptors (Lipinski definition) is 5. The molecule has 0 amide bonds. The summed E-state index contributed by atoms with van der Waals surface area (Å²) in [5.74, 6) is 0.145. The second kappa shape index (κ2) is 7.42. The molecular weight excluding hydrogens is 318 g/mol. The van der Waals surface area contributed by atoms with E-state index < -0.39 is 15.6 Å². The standard InChI is InChI=1S/C13H20ClNO5S/c1-13(16,6-7-19-2)9-15-21(17,18)12-5-4-10(14)8-11(12)20-3/h4-5,8,15-16H,6-7,9H2,1-3H3. The second-order valence-electron chi connectivity index (χ2n) is 4.86. The van der Waals surface area contributed by atoms with Crippen molar-refractivity contribution >= 4 is 21.6 Å². The average molecular weight is 338 g/mol. The molecule has 21 heavy (non-hydrogen) atoms. The molecule has 2 N–H and O–H groups in total. The van der Waals surface area contributed by atoms with Crippen LogP contribution in [-0.4, -0.2) is 46.5 Å². The van der Waals surface area contributed by atoms with Crippen LogP contribution in [0.4, 0.5) is 0 Å². The Balaban J connectivity index is 2.87. The predicted molar refractivity (Wildman–Crippen MR) is 80.3 cm³/mol. The Kier molecular flexibility index (Phi) is 6.42. The van der Waals surface area contributed by atoms with Crippen LogP contribution in [0.1, 0.15) is 13.3 Å². The molecule has 1 rings (SSSR count). The van der Waals surface area contributed by atoms with Crippen LogP contribution >= 0.6 is 11.6 Å². The third-order valence-corrected chi connectivity index (χ3v) is 4.58. The van der Waals surface area contributed by atoms with Crippen LogP contribution in [-0.2, 0) is 14.8 Å². The first-order valence-corrected chi connectivity index (χ1v) is 8.12. The number of hydrogen-bond donors (Lipinski definition) is 2. The van der Waals surface area contributed by atoms with Gasteiger partial charge in [-0.25, -0.2) is 13.1 Å². The molecule has 0 bridgehead atoms. The Hall–Kier alpha value is -0.860. The van der Waals surface area contributed by atoms with Gasteiger partial charge in [0, 0.05) is 37.8 Å².